The number of carbonyl (C=O) groups is 3. The van der Waals surface area contributed by atoms with Crippen LogP contribution in [-0.2, 0) is 14.4 Å². The molecule has 0 unspecified atom stereocenters. The molecule has 0 saturated heterocycles. The van der Waals surface area contributed by atoms with Gasteiger partial charge in [0.15, 0.2) is 11.6 Å². The Morgan fingerprint density at radius 1 is 1.10 bits per heavy atom. The first-order valence-electron chi connectivity index (χ1n) is 10.9. The van der Waals surface area contributed by atoms with Crippen molar-refractivity contribution >= 4 is 29.3 Å². The number of ketones is 2. The number of allylic oxidation sites excluding steroid dienone is 1. The molecule has 0 aromatic carbocycles. The Balaban J connectivity index is 1.56. The summed E-state index contributed by atoms with van der Waals surface area (Å²) in [5.74, 6) is -0.0646. The molecule has 0 bridgehead atoms. The van der Waals surface area contributed by atoms with Gasteiger partial charge in [0.2, 0.25) is 0 Å². The number of hydrogen-bond acceptors (Lipinski definition) is 6. The number of aliphatic carboxylic acids is 1. The number of thioether (sulfide) groups is 1. The van der Waals surface area contributed by atoms with E-state index in [1.54, 1.807) is 0 Å². The molecule has 5 nitrogen and oxygen atoms in total. The highest BCUT2D eigenvalue weighted by Crippen LogP contribution is 2.67. The second kappa shape index (κ2) is 7.23. The number of Topliss-reactive ketones (excluding diaryl/α,β-unsaturated/α-hetero) is 1. The van der Waals surface area contributed by atoms with Gasteiger partial charge in [0, 0.05) is 17.6 Å². The maximum Gasteiger partial charge on any atom is 0.174 e. The molecular weight excluding hydrogens is 388 g/mol. The van der Waals surface area contributed by atoms with Gasteiger partial charge in [-0.1, -0.05) is 19.4 Å². The van der Waals surface area contributed by atoms with E-state index in [1.165, 1.54) is 5.57 Å². The Morgan fingerprint density at radius 3 is 2.55 bits per heavy atom. The van der Waals surface area contributed by atoms with Gasteiger partial charge in [0.1, 0.15) is 5.60 Å². The van der Waals surface area contributed by atoms with Crippen molar-refractivity contribution < 1.29 is 24.6 Å². The molecule has 4 aliphatic rings. The minimum absolute atomic E-state index is 0.0214. The fourth-order valence-electron chi connectivity index (χ4n) is 7.38. The summed E-state index contributed by atoms with van der Waals surface area (Å²) < 4.78 is 0. The van der Waals surface area contributed by atoms with Crippen molar-refractivity contribution in [1.29, 1.82) is 0 Å². The molecule has 0 radical (unpaired) electrons. The van der Waals surface area contributed by atoms with Gasteiger partial charge in [-0.3, -0.25) is 9.59 Å². The fraction of sp³-hybridized carbons (Fsp3) is 0.783. The first-order valence-corrected chi connectivity index (χ1v) is 12.0. The molecule has 4 aliphatic carbocycles. The number of carboxylic acid groups (broad SMARTS) is 1. The lowest BCUT2D eigenvalue weighted by atomic mass is 9.46. The SMILES string of the molecule is C[C@]12CC[C@H]3[C@H](CCC4=CC(=O)CC[C@]43C)[C@H]1CC[C@@]2(O)C(=O)CSCC(=O)[O-]. The Kier molecular flexibility index (Phi) is 5.26. The van der Waals surface area contributed by atoms with Gasteiger partial charge in [-0.05, 0) is 74.2 Å². The third kappa shape index (κ3) is 3.13. The standard InChI is InChI=1S/C23H32O5S/c1-21-8-5-15(24)11-14(21)3-4-16-17(21)6-9-22(2)18(16)7-10-23(22,28)19(25)12-29-13-20(26)27/h11,16-18,28H,3-10,12-13H2,1-2H3,(H,26,27)/p-1/t16-,17-,18+,21+,22-,23+/m0/s1. The van der Waals surface area contributed by atoms with E-state index in [9.17, 15) is 24.6 Å². The van der Waals surface area contributed by atoms with Gasteiger partial charge in [-0.25, -0.2) is 0 Å². The summed E-state index contributed by atoms with van der Waals surface area (Å²) in [7, 11) is 0. The molecule has 3 fully saturated rings. The number of hydrogen-bond donors (Lipinski definition) is 1. The molecule has 0 aliphatic heterocycles. The smallest absolute Gasteiger partial charge is 0.174 e. The summed E-state index contributed by atoms with van der Waals surface area (Å²) in [4.78, 5) is 35.6. The largest absolute Gasteiger partial charge is 0.549 e. The summed E-state index contributed by atoms with van der Waals surface area (Å²) in [5, 5.41) is 22.2. The van der Waals surface area contributed by atoms with Crippen molar-refractivity contribution in [2.24, 2.45) is 28.6 Å². The highest BCUT2D eigenvalue weighted by Gasteiger charge is 2.65. The normalized spacial score (nSPS) is 43.8. The number of carboxylic acids is 1. The third-order valence-corrected chi connectivity index (χ3v) is 9.93. The van der Waals surface area contributed by atoms with E-state index in [2.05, 4.69) is 13.8 Å². The molecular formula is C23H31O5S-. The van der Waals surface area contributed by atoms with E-state index in [4.69, 9.17) is 0 Å². The zero-order chi connectivity index (χ0) is 21.0. The van der Waals surface area contributed by atoms with Crippen LogP contribution in [0.15, 0.2) is 11.6 Å². The Bertz CT molecular complexity index is 775. The lowest BCUT2D eigenvalue weighted by Crippen LogP contribution is -2.58. The number of carbonyl (C=O) groups excluding carboxylic acids is 3. The highest BCUT2D eigenvalue weighted by atomic mass is 32.2. The Morgan fingerprint density at radius 2 is 1.83 bits per heavy atom. The van der Waals surface area contributed by atoms with Crippen LogP contribution < -0.4 is 5.11 Å². The van der Waals surface area contributed by atoms with Gasteiger partial charge in [-0.2, -0.15) is 0 Å². The Labute approximate surface area is 176 Å². The summed E-state index contributed by atoms with van der Waals surface area (Å²) in [6.07, 6.45) is 8.53. The molecule has 6 heteroatoms. The van der Waals surface area contributed by atoms with Gasteiger partial charge in [0.05, 0.1) is 11.7 Å². The lowest BCUT2D eigenvalue weighted by molar-refractivity contribution is -0.301. The average Bonchev–Trinajstić information content (AvgIpc) is 2.94. The molecule has 160 valence electrons. The minimum Gasteiger partial charge on any atom is -0.549 e. The maximum absolute atomic E-state index is 13.0. The van der Waals surface area contributed by atoms with Crippen molar-refractivity contribution in [2.45, 2.75) is 70.8 Å². The van der Waals surface area contributed by atoms with Crippen molar-refractivity contribution in [3.05, 3.63) is 11.6 Å². The minimum atomic E-state index is -1.36. The van der Waals surface area contributed by atoms with Crippen molar-refractivity contribution in [1.82, 2.24) is 0 Å². The van der Waals surface area contributed by atoms with Gasteiger partial charge < -0.3 is 15.0 Å². The second-order valence-corrected chi connectivity index (χ2v) is 11.1. The van der Waals surface area contributed by atoms with Gasteiger partial charge in [0.25, 0.3) is 0 Å². The summed E-state index contributed by atoms with van der Waals surface area (Å²) in [5.41, 5.74) is -0.412. The highest BCUT2D eigenvalue weighted by molar-refractivity contribution is 8.00. The van der Waals surface area contributed by atoms with E-state index in [0.29, 0.717) is 30.6 Å². The van der Waals surface area contributed by atoms with E-state index in [-0.39, 0.29) is 28.5 Å². The van der Waals surface area contributed by atoms with Crippen LogP contribution >= 0.6 is 11.8 Å². The van der Waals surface area contributed by atoms with Crippen LogP contribution in [0.3, 0.4) is 0 Å². The molecule has 6 atom stereocenters. The van der Waals surface area contributed by atoms with Crippen LogP contribution in [-0.4, -0.2) is 39.7 Å². The van der Waals surface area contributed by atoms with Crippen LogP contribution in [0.4, 0.5) is 0 Å². The first-order chi connectivity index (χ1) is 13.6. The van der Waals surface area contributed by atoms with Crippen LogP contribution in [0.5, 0.6) is 0 Å². The Hall–Kier alpha value is -1.14. The van der Waals surface area contributed by atoms with Crippen LogP contribution in [0.2, 0.25) is 0 Å². The van der Waals surface area contributed by atoms with Gasteiger partial charge >= 0.3 is 0 Å². The maximum atomic E-state index is 13.0. The predicted molar refractivity (Wildman–Crippen MR) is 109 cm³/mol. The van der Waals surface area contributed by atoms with E-state index < -0.39 is 17.0 Å². The molecule has 0 spiro atoms. The monoisotopic (exact) mass is 419 g/mol. The average molecular weight is 420 g/mol. The molecule has 29 heavy (non-hydrogen) atoms. The molecule has 0 aromatic rings. The van der Waals surface area contributed by atoms with Crippen molar-refractivity contribution in [3.8, 4) is 0 Å². The van der Waals surface area contributed by atoms with Crippen LogP contribution in [0, 0.1) is 28.6 Å². The van der Waals surface area contributed by atoms with E-state index in [0.717, 1.165) is 50.3 Å². The predicted octanol–water partition coefficient (Wildman–Crippen LogP) is 2.30. The molecule has 4 rings (SSSR count). The number of aliphatic hydroxyl groups is 1. The zero-order valence-corrected chi connectivity index (χ0v) is 18.2. The first kappa shape index (κ1) is 21.1. The third-order valence-electron chi connectivity index (χ3n) is 9.03. The fourth-order valence-corrected chi connectivity index (χ4v) is 8.07. The lowest BCUT2D eigenvalue weighted by Gasteiger charge is -2.58. The molecule has 0 amide bonds. The van der Waals surface area contributed by atoms with Gasteiger partial charge in [-0.15, -0.1) is 11.8 Å². The van der Waals surface area contributed by atoms with Crippen LogP contribution in [0.1, 0.15) is 65.2 Å². The number of fused-ring (bicyclic) bond motifs is 5. The zero-order valence-electron chi connectivity index (χ0n) is 17.4. The molecule has 0 aromatic heterocycles. The quantitative estimate of drug-likeness (QED) is 0.735. The molecule has 0 heterocycles. The van der Waals surface area contributed by atoms with Crippen molar-refractivity contribution in [3.63, 3.8) is 0 Å². The van der Waals surface area contributed by atoms with E-state index in [1.807, 2.05) is 6.08 Å². The summed E-state index contributed by atoms with van der Waals surface area (Å²) in [6, 6.07) is 0. The summed E-state index contributed by atoms with van der Waals surface area (Å²) >= 11 is 1.02. The van der Waals surface area contributed by atoms with E-state index >= 15 is 0 Å². The molecule has 1 N–H and O–H groups in total. The summed E-state index contributed by atoms with van der Waals surface area (Å²) in [6.45, 7) is 4.41. The topological polar surface area (TPSA) is 94.5 Å². The van der Waals surface area contributed by atoms with Crippen LogP contribution in [0.25, 0.3) is 0 Å². The second-order valence-electron chi connectivity index (χ2n) is 10.1. The molecule has 3 saturated carbocycles. The van der Waals surface area contributed by atoms with Crippen molar-refractivity contribution in [2.75, 3.05) is 11.5 Å². The number of rotatable bonds is 5.